The number of para-hydroxylation sites is 1. The van der Waals surface area contributed by atoms with E-state index in [0.717, 1.165) is 0 Å². The van der Waals surface area contributed by atoms with Gasteiger partial charge in [-0.25, -0.2) is 9.18 Å². The van der Waals surface area contributed by atoms with Gasteiger partial charge in [0.1, 0.15) is 11.9 Å². The molecule has 1 amide bonds. The van der Waals surface area contributed by atoms with Crippen molar-refractivity contribution in [3.05, 3.63) is 29.6 Å². The van der Waals surface area contributed by atoms with Crippen molar-refractivity contribution in [2.45, 2.75) is 18.9 Å². The lowest BCUT2D eigenvalue weighted by Gasteiger charge is -2.33. The minimum absolute atomic E-state index is 0.236. The Labute approximate surface area is 110 Å². The standard InChI is InChI=1S/C13H15FN2O3/c14-11-3-1-2-9(8-17)12(11)16-6-4-10(5-7-16)19-13(15)18/h1-3,8,10H,4-7H2,(H2,15,18). The van der Waals surface area contributed by atoms with Crippen LogP contribution in [0.5, 0.6) is 0 Å². The highest BCUT2D eigenvalue weighted by atomic mass is 19.1. The molecule has 1 aromatic carbocycles. The molecule has 0 aromatic heterocycles. The number of ether oxygens (including phenoxy) is 1. The van der Waals surface area contributed by atoms with Gasteiger partial charge in [0.25, 0.3) is 0 Å². The van der Waals surface area contributed by atoms with Gasteiger partial charge in [-0.2, -0.15) is 0 Å². The monoisotopic (exact) mass is 266 g/mol. The fourth-order valence-corrected chi connectivity index (χ4v) is 2.32. The highest BCUT2D eigenvalue weighted by Gasteiger charge is 2.24. The Morgan fingerprint density at radius 2 is 2.11 bits per heavy atom. The highest BCUT2D eigenvalue weighted by Crippen LogP contribution is 2.27. The number of anilines is 1. The Bertz CT molecular complexity index is 485. The predicted molar refractivity (Wildman–Crippen MR) is 67.7 cm³/mol. The van der Waals surface area contributed by atoms with Gasteiger partial charge in [0.2, 0.25) is 0 Å². The predicted octanol–water partition coefficient (Wildman–Crippen LogP) is 1.70. The number of carbonyl (C=O) groups is 2. The average molecular weight is 266 g/mol. The van der Waals surface area contributed by atoms with Crippen molar-refractivity contribution in [3.63, 3.8) is 0 Å². The lowest BCUT2D eigenvalue weighted by molar-refractivity contribution is 0.0911. The zero-order chi connectivity index (χ0) is 13.8. The smallest absolute Gasteiger partial charge is 0.404 e. The van der Waals surface area contributed by atoms with E-state index < -0.39 is 11.9 Å². The molecule has 0 bridgehead atoms. The summed E-state index contributed by atoms with van der Waals surface area (Å²) in [5.41, 5.74) is 5.60. The number of aldehydes is 1. The summed E-state index contributed by atoms with van der Waals surface area (Å²) in [5.74, 6) is -0.418. The summed E-state index contributed by atoms with van der Waals surface area (Å²) in [7, 11) is 0. The number of halogens is 1. The van der Waals surface area contributed by atoms with E-state index in [9.17, 15) is 14.0 Å². The van der Waals surface area contributed by atoms with Crippen LogP contribution >= 0.6 is 0 Å². The van der Waals surface area contributed by atoms with Crippen molar-refractivity contribution in [2.24, 2.45) is 5.73 Å². The zero-order valence-corrected chi connectivity index (χ0v) is 10.3. The minimum Gasteiger partial charge on any atom is -0.446 e. The molecule has 2 rings (SSSR count). The number of nitrogens with two attached hydrogens (primary N) is 1. The van der Waals surface area contributed by atoms with E-state index in [1.54, 1.807) is 11.0 Å². The first-order chi connectivity index (χ1) is 9.11. The van der Waals surface area contributed by atoms with Crippen molar-refractivity contribution in [1.82, 2.24) is 0 Å². The molecule has 0 unspecified atom stereocenters. The van der Waals surface area contributed by atoms with Crippen LogP contribution in [0.3, 0.4) is 0 Å². The second kappa shape index (κ2) is 5.69. The van der Waals surface area contributed by atoms with Crippen molar-refractivity contribution in [2.75, 3.05) is 18.0 Å². The van der Waals surface area contributed by atoms with Crippen LogP contribution in [0.15, 0.2) is 18.2 Å². The maximum absolute atomic E-state index is 13.8. The van der Waals surface area contributed by atoms with Crippen molar-refractivity contribution in [3.8, 4) is 0 Å². The van der Waals surface area contributed by atoms with Gasteiger partial charge in [-0.3, -0.25) is 4.79 Å². The van der Waals surface area contributed by atoms with Gasteiger partial charge in [-0.15, -0.1) is 0 Å². The molecule has 5 nitrogen and oxygen atoms in total. The molecule has 0 saturated carbocycles. The Kier molecular flexibility index (Phi) is 3.99. The Balaban J connectivity index is 2.09. The summed E-state index contributed by atoms with van der Waals surface area (Å²) < 4.78 is 18.7. The lowest BCUT2D eigenvalue weighted by atomic mass is 10.0. The quantitative estimate of drug-likeness (QED) is 0.845. The molecule has 0 radical (unpaired) electrons. The zero-order valence-electron chi connectivity index (χ0n) is 10.3. The van der Waals surface area contributed by atoms with Gasteiger partial charge in [0.15, 0.2) is 6.29 Å². The molecule has 2 N–H and O–H groups in total. The summed E-state index contributed by atoms with van der Waals surface area (Å²) in [4.78, 5) is 23.4. The Hall–Kier alpha value is -2.11. The van der Waals surface area contributed by atoms with Crippen molar-refractivity contribution >= 4 is 18.1 Å². The number of hydrogen-bond acceptors (Lipinski definition) is 4. The second-order valence-electron chi connectivity index (χ2n) is 4.42. The van der Waals surface area contributed by atoms with E-state index in [0.29, 0.717) is 43.5 Å². The molecule has 102 valence electrons. The molecule has 0 atom stereocenters. The third kappa shape index (κ3) is 3.01. The Morgan fingerprint density at radius 1 is 1.42 bits per heavy atom. The van der Waals surface area contributed by atoms with Crippen LogP contribution in [0.1, 0.15) is 23.2 Å². The summed E-state index contributed by atoms with van der Waals surface area (Å²) in [6, 6.07) is 4.41. The van der Waals surface area contributed by atoms with E-state index in [1.165, 1.54) is 12.1 Å². The largest absolute Gasteiger partial charge is 0.446 e. The molecular formula is C13H15FN2O3. The number of rotatable bonds is 3. The maximum atomic E-state index is 13.8. The normalized spacial score (nSPS) is 16.2. The fraction of sp³-hybridized carbons (Fsp3) is 0.385. The van der Waals surface area contributed by atoms with Crippen LogP contribution in [-0.2, 0) is 4.74 Å². The summed E-state index contributed by atoms with van der Waals surface area (Å²) in [5, 5.41) is 0. The molecule has 6 heteroatoms. The lowest BCUT2D eigenvalue weighted by Crippen LogP contribution is -2.39. The number of amides is 1. The van der Waals surface area contributed by atoms with Crippen LogP contribution in [0, 0.1) is 5.82 Å². The van der Waals surface area contributed by atoms with Gasteiger partial charge < -0.3 is 15.4 Å². The first-order valence-electron chi connectivity index (χ1n) is 6.06. The molecular weight excluding hydrogens is 251 g/mol. The van der Waals surface area contributed by atoms with E-state index >= 15 is 0 Å². The summed E-state index contributed by atoms with van der Waals surface area (Å²) >= 11 is 0. The van der Waals surface area contributed by atoms with Crippen molar-refractivity contribution < 1.29 is 18.7 Å². The first-order valence-corrected chi connectivity index (χ1v) is 6.06. The second-order valence-corrected chi connectivity index (χ2v) is 4.42. The molecule has 0 aliphatic carbocycles. The molecule has 1 aromatic rings. The van der Waals surface area contributed by atoms with Crippen molar-refractivity contribution in [1.29, 1.82) is 0 Å². The summed E-state index contributed by atoms with van der Waals surface area (Å²) in [6.07, 6.45) is 0.744. The van der Waals surface area contributed by atoms with Crippen LogP contribution in [-0.4, -0.2) is 31.6 Å². The topological polar surface area (TPSA) is 72.6 Å². The average Bonchev–Trinajstić information content (AvgIpc) is 2.39. The molecule has 1 aliphatic heterocycles. The SMILES string of the molecule is NC(=O)OC1CCN(c2c(F)cccc2C=O)CC1. The number of carbonyl (C=O) groups excluding carboxylic acids is 2. The van der Waals surface area contributed by atoms with Gasteiger partial charge in [-0.05, 0) is 12.1 Å². The van der Waals surface area contributed by atoms with Crippen LogP contribution in [0.4, 0.5) is 14.9 Å². The van der Waals surface area contributed by atoms with Gasteiger partial charge in [0, 0.05) is 31.5 Å². The molecule has 1 fully saturated rings. The van der Waals surface area contributed by atoms with Crippen LogP contribution in [0.25, 0.3) is 0 Å². The molecule has 19 heavy (non-hydrogen) atoms. The van der Waals surface area contributed by atoms with Gasteiger partial charge in [-0.1, -0.05) is 6.07 Å². The third-order valence-electron chi connectivity index (χ3n) is 3.19. The van der Waals surface area contributed by atoms with E-state index in [1.807, 2.05) is 0 Å². The number of benzene rings is 1. The Morgan fingerprint density at radius 3 is 2.68 bits per heavy atom. The third-order valence-corrected chi connectivity index (χ3v) is 3.19. The summed E-state index contributed by atoms with van der Waals surface area (Å²) in [6.45, 7) is 1.03. The fourth-order valence-electron chi connectivity index (χ4n) is 2.32. The van der Waals surface area contributed by atoms with Gasteiger partial charge in [0.05, 0.1) is 5.69 Å². The van der Waals surface area contributed by atoms with E-state index in [4.69, 9.17) is 10.5 Å². The van der Waals surface area contributed by atoms with Crippen LogP contribution < -0.4 is 10.6 Å². The van der Waals surface area contributed by atoms with Crippen LogP contribution in [0.2, 0.25) is 0 Å². The van der Waals surface area contributed by atoms with E-state index in [2.05, 4.69) is 0 Å². The molecule has 1 aliphatic rings. The highest BCUT2D eigenvalue weighted by molar-refractivity contribution is 5.84. The number of primary amides is 1. The number of piperidine rings is 1. The molecule has 1 saturated heterocycles. The number of hydrogen-bond donors (Lipinski definition) is 1. The first kappa shape index (κ1) is 13.3. The minimum atomic E-state index is -0.794. The maximum Gasteiger partial charge on any atom is 0.404 e. The van der Waals surface area contributed by atoms with Gasteiger partial charge >= 0.3 is 6.09 Å². The number of nitrogens with zero attached hydrogens (tertiary/aromatic N) is 1. The molecule has 1 heterocycles. The molecule has 0 spiro atoms. The van der Waals surface area contributed by atoms with E-state index in [-0.39, 0.29) is 6.10 Å².